The minimum atomic E-state index is -1.29. The van der Waals surface area contributed by atoms with Crippen LogP contribution in [0.15, 0.2) is 24.3 Å². The average Bonchev–Trinajstić information content (AvgIpc) is 3.31. The largest absolute Gasteiger partial charge is 0.508 e. The summed E-state index contributed by atoms with van der Waals surface area (Å²) >= 11 is 4.08. The van der Waals surface area contributed by atoms with Gasteiger partial charge < -0.3 is 36.6 Å². The molecule has 1 heterocycles. The molecule has 1 fully saturated rings. The molecule has 0 aliphatic carbocycles. The number of thiol groups is 1. The molecule has 4 unspecified atom stereocenters. The second-order valence-electron chi connectivity index (χ2n) is 8.24. The quantitative estimate of drug-likeness (QED) is 0.174. The lowest BCUT2D eigenvalue weighted by Gasteiger charge is -2.28. The maximum atomic E-state index is 13.0. The third-order valence-electron chi connectivity index (χ3n) is 5.63. The molecule has 0 aromatic heterocycles. The van der Waals surface area contributed by atoms with Crippen LogP contribution >= 0.6 is 12.6 Å². The van der Waals surface area contributed by atoms with Crippen LogP contribution < -0.4 is 16.4 Å². The van der Waals surface area contributed by atoms with E-state index in [9.17, 15) is 34.2 Å². The van der Waals surface area contributed by atoms with Crippen LogP contribution in [0.3, 0.4) is 0 Å². The van der Waals surface area contributed by atoms with Gasteiger partial charge in [-0.2, -0.15) is 12.6 Å². The third kappa shape index (κ3) is 8.14. The Balaban J connectivity index is 2.05. The lowest BCUT2D eigenvalue weighted by Crippen LogP contribution is -2.57. The minimum absolute atomic E-state index is 0.0641. The summed E-state index contributed by atoms with van der Waals surface area (Å²) in [6.45, 7) is 0.175. The summed E-state index contributed by atoms with van der Waals surface area (Å²) in [4.78, 5) is 62.0. The first-order valence-corrected chi connectivity index (χ1v) is 11.7. The van der Waals surface area contributed by atoms with Crippen LogP contribution in [-0.2, 0) is 30.4 Å². The summed E-state index contributed by atoms with van der Waals surface area (Å²) < 4.78 is 0. The van der Waals surface area contributed by atoms with E-state index in [0.717, 1.165) is 4.90 Å². The van der Waals surface area contributed by atoms with E-state index in [1.54, 1.807) is 12.1 Å². The standard InChI is InChI=1S/C22H30N4O8S/c23-14(10-12-3-5-13(27)6-4-12)19(30)25-16(11-35)20(31)24-15(7-8-18(28)29)21(32)26-9-1-2-17(26)22(33)34/h3-6,14-17,27,35H,1-2,7-11,23H2,(H,24,31)(H,25,30)(H,28,29)(H,33,34). The molecule has 0 bridgehead atoms. The molecular weight excluding hydrogens is 480 g/mol. The van der Waals surface area contributed by atoms with Crippen molar-refractivity contribution in [2.24, 2.45) is 5.73 Å². The summed E-state index contributed by atoms with van der Waals surface area (Å²) in [5.41, 5.74) is 6.62. The Kier molecular flexibility index (Phi) is 10.3. The monoisotopic (exact) mass is 510 g/mol. The zero-order valence-corrected chi connectivity index (χ0v) is 19.8. The Morgan fingerprint density at radius 1 is 1.06 bits per heavy atom. The van der Waals surface area contributed by atoms with Gasteiger partial charge in [0.05, 0.1) is 6.04 Å². The number of phenolic OH excluding ortho intramolecular Hbond substituents is 1. The molecule has 0 radical (unpaired) electrons. The Hall–Kier alpha value is -3.32. The molecule has 4 atom stereocenters. The average molecular weight is 511 g/mol. The second kappa shape index (κ2) is 13.0. The molecule has 0 saturated carbocycles. The number of amides is 3. The van der Waals surface area contributed by atoms with Crippen LogP contribution in [0.25, 0.3) is 0 Å². The highest BCUT2D eigenvalue weighted by Crippen LogP contribution is 2.20. The number of carboxylic acid groups (broad SMARTS) is 2. The second-order valence-corrected chi connectivity index (χ2v) is 8.61. The highest BCUT2D eigenvalue weighted by Gasteiger charge is 2.38. The van der Waals surface area contributed by atoms with Gasteiger partial charge in [0.2, 0.25) is 17.7 Å². The summed E-state index contributed by atoms with van der Waals surface area (Å²) in [6, 6.07) is 1.58. The number of aliphatic carboxylic acids is 2. The SMILES string of the molecule is NC(Cc1ccc(O)cc1)C(=O)NC(CS)C(=O)NC(CCC(=O)O)C(=O)N1CCCC1C(=O)O. The molecule has 35 heavy (non-hydrogen) atoms. The fourth-order valence-electron chi connectivity index (χ4n) is 3.74. The predicted molar refractivity (Wildman–Crippen MR) is 127 cm³/mol. The van der Waals surface area contributed by atoms with Crippen molar-refractivity contribution in [1.82, 2.24) is 15.5 Å². The maximum absolute atomic E-state index is 13.0. The molecule has 7 N–H and O–H groups in total. The van der Waals surface area contributed by atoms with Crippen molar-refractivity contribution in [2.45, 2.75) is 56.3 Å². The van der Waals surface area contributed by atoms with Gasteiger partial charge in [0.25, 0.3) is 0 Å². The Bertz CT molecular complexity index is 942. The van der Waals surface area contributed by atoms with Gasteiger partial charge in [0.15, 0.2) is 0 Å². The molecule has 2 rings (SSSR count). The number of carboxylic acids is 2. The number of likely N-dealkylation sites (tertiary alicyclic amines) is 1. The van der Waals surface area contributed by atoms with Gasteiger partial charge in [-0.25, -0.2) is 4.79 Å². The molecule has 3 amide bonds. The molecular formula is C22H30N4O8S. The topological polar surface area (TPSA) is 199 Å². The Labute approximate surface area is 207 Å². The van der Waals surface area contributed by atoms with Gasteiger partial charge in [-0.3, -0.25) is 19.2 Å². The van der Waals surface area contributed by atoms with Gasteiger partial charge in [0.1, 0.15) is 23.9 Å². The van der Waals surface area contributed by atoms with Crippen LogP contribution in [0.5, 0.6) is 5.75 Å². The predicted octanol–water partition coefficient (Wildman–Crippen LogP) is -0.898. The zero-order chi connectivity index (χ0) is 26.1. The van der Waals surface area contributed by atoms with Crippen molar-refractivity contribution in [2.75, 3.05) is 12.3 Å². The van der Waals surface area contributed by atoms with Crippen LogP contribution in [0, 0.1) is 0 Å². The molecule has 1 aromatic rings. The fraction of sp³-hybridized carbons (Fsp3) is 0.500. The van der Waals surface area contributed by atoms with E-state index in [1.165, 1.54) is 12.1 Å². The van der Waals surface area contributed by atoms with E-state index in [-0.39, 0.29) is 37.3 Å². The van der Waals surface area contributed by atoms with Crippen molar-refractivity contribution in [3.8, 4) is 5.75 Å². The number of carbonyl (C=O) groups excluding carboxylic acids is 3. The van der Waals surface area contributed by atoms with E-state index < -0.39 is 60.2 Å². The highest BCUT2D eigenvalue weighted by atomic mass is 32.1. The number of nitrogens with one attached hydrogen (secondary N) is 2. The zero-order valence-electron chi connectivity index (χ0n) is 18.9. The summed E-state index contributed by atoms with van der Waals surface area (Å²) in [6.07, 6.45) is 0.178. The highest BCUT2D eigenvalue weighted by molar-refractivity contribution is 7.80. The van der Waals surface area contributed by atoms with Gasteiger partial charge >= 0.3 is 11.9 Å². The summed E-state index contributed by atoms with van der Waals surface area (Å²) in [5.74, 6) is -4.56. The maximum Gasteiger partial charge on any atom is 0.326 e. The summed E-state index contributed by atoms with van der Waals surface area (Å²) in [5, 5.41) is 32.6. The van der Waals surface area contributed by atoms with Crippen LogP contribution in [0.2, 0.25) is 0 Å². The number of rotatable bonds is 12. The number of hydrogen-bond donors (Lipinski definition) is 7. The van der Waals surface area contributed by atoms with E-state index in [4.69, 9.17) is 10.8 Å². The number of nitrogens with two attached hydrogens (primary N) is 1. The smallest absolute Gasteiger partial charge is 0.326 e. The first-order chi connectivity index (χ1) is 16.5. The van der Waals surface area contributed by atoms with Gasteiger partial charge in [-0.1, -0.05) is 12.1 Å². The Morgan fingerprint density at radius 2 is 1.69 bits per heavy atom. The lowest BCUT2D eigenvalue weighted by molar-refractivity contribution is -0.150. The molecule has 13 heteroatoms. The first kappa shape index (κ1) is 27.9. The summed E-state index contributed by atoms with van der Waals surface area (Å²) in [7, 11) is 0. The minimum Gasteiger partial charge on any atom is -0.508 e. The number of benzene rings is 1. The normalized spacial score (nSPS) is 17.8. The first-order valence-electron chi connectivity index (χ1n) is 11.0. The van der Waals surface area contributed by atoms with Crippen LogP contribution in [0.1, 0.15) is 31.2 Å². The van der Waals surface area contributed by atoms with Gasteiger partial charge in [0, 0.05) is 18.7 Å². The molecule has 1 aliphatic rings. The van der Waals surface area contributed by atoms with E-state index in [0.29, 0.717) is 12.0 Å². The Morgan fingerprint density at radius 3 is 2.26 bits per heavy atom. The number of nitrogens with zero attached hydrogens (tertiary/aromatic N) is 1. The molecule has 1 saturated heterocycles. The van der Waals surface area contributed by atoms with E-state index >= 15 is 0 Å². The lowest BCUT2D eigenvalue weighted by atomic mass is 10.1. The third-order valence-corrected chi connectivity index (χ3v) is 5.99. The van der Waals surface area contributed by atoms with Crippen molar-refractivity contribution in [3.05, 3.63) is 29.8 Å². The number of hydrogen-bond acceptors (Lipinski definition) is 8. The number of carbonyl (C=O) groups is 5. The number of phenols is 1. The van der Waals surface area contributed by atoms with Crippen LogP contribution in [0.4, 0.5) is 0 Å². The van der Waals surface area contributed by atoms with Crippen molar-refractivity contribution < 1.29 is 39.3 Å². The van der Waals surface area contributed by atoms with Crippen molar-refractivity contribution >= 4 is 42.3 Å². The molecule has 12 nitrogen and oxygen atoms in total. The molecule has 1 aliphatic heterocycles. The molecule has 0 spiro atoms. The number of aromatic hydroxyl groups is 1. The fourth-order valence-corrected chi connectivity index (χ4v) is 3.99. The molecule has 1 aromatic carbocycles. The molecule has 192 valence electrons. The van der Waals surface area contributed by atoms with E-state index in [2.05, 4.69) is 23.3 Å². The van der Waals surface area contributed by atoms with E-state index in [1.807, 2.05) is 0 Å². The van der Waals surface area contributed by atoms with Crippen molar-refractivity contribution in [3.63, 3.8) is 0 Å². The van der Waals surface area contributed by atoms with Crippen LogP contribution in [-0.4, -0.2) is 86.3 Å². The van der Waals surface area contributed by atoms with Gasteiger partial charge in [-0.05, 0) is 43.4 Å². The van der Waals surface area contributed by atoms with Gasteiger partial charge in [-0.15, -0.1) is 0 Å². The van der Waals surface area contributed by atoms with Crippen molar-refractivity contribution in [1.29, 1.82) is 0 Å².